The molecule has 0 saturated carbocycles. The van der Waals surface area contributed by atoms with Crippen LogP contribution in [0.15, 0.2) is 37.8 Å². The van der Waals surface area contributed by atoms with Crippen LogP contribution in [0.5, 0.6) is 0 Å². The van der Waals surface area contributed by atoms with Gasteiger partial charge < -0.3 is 15.5 Å². The van der Waals surface area contributed by atoms with E-state index in [4.69, 9.17) is 10.2 Å². The zero-order valence-electron chi connectivity index (χ0n) is 10.2. The highest BCUT2D eigenvalue weighted by Crippen LogP contribution is 2.27. The van der Waals surface area contributed by atoms with E-state index in [2.05, 4.69) is 37.2 Å². The van der Waals surface area contributed by atoms with Crippen molar-refractivity contribution < 1.29 is 9.21 Å². The molecule has 0 aliphatic carbocycles. The normalized spacial score (nSPS) is 10.5. The number of carbonyl (C=O) groups excluding carboxylic acids is 1. The average molecular weight is 388 g/mol. The van der Waals surface area contributed by atoms with Crippen molar-refractivity contribution in [2.75, 3.05) is 5.32 Å². The lowest BCUT2D eigenvalue weighted by Gasteiger charge is -2.10. The maximum atomic E-state index is 11.3. The van der Waals surface area contributed by atoms with Gasteiger partial charge in [0, 0.05) is 11.3 Å². The van der Waals surface area contributed by atoms with Gasteiger partial charge in [0.05, 0.1) is 11.0 Å². The van der Waals surface area contributed by atoms with Crippen LogP contribution in [0.2, 0.25) is 0 Å². The number of nitrogens with two attached hydrogens (primary N) is 1. The highest BCUT2D eigenvalue weighted by Gasteiger charge is 2.10. The van der Waals surface area contributed by atoms with Gasteiger partial charge in [-0.2, -0.15) is 0 Å². The van der Waals surface area contributed by atoms with E-state index < -0.39 is 5.91 Å². The highest BCUT2D eigenvalue weighted by atomic mass is 79.9. The Balaban J connectivity index is 2.16. The third-order valence-electron chi connectivity index (χ3n) is 2.75. The van der Waals surface area contributed by atoms with Crippen LogP contribution in [0, 0.1) is 6.92 Å². The number of primary amides is 1. The third-order valence-corrected chi connectivity index (χ3v) is 4.46. The molecule has 3 N–H and O–H groups in total. The van der Waals surface area contributed by atoms with Crippen LogP contribution >= 0.6 is 31.9 Å². The fourth-order valence-corrected chi connectivity index (χ4v) is 2.41. The molecule has 2 aromatic rings. The van der Waals surface area contributed by atoms with Crippen molar-refractivity contribution in [2.24, 2.45) is 5.73 Å². The monoisotopic (exact) mass is 386 g/mol. The molecule has 6 heteroatoms. The Kier molecular flexibility index (Phi) is 4.31. The van der Waals surface area contributed by atoms with Crippen molar-refractivity contribution in [3.05, 3.63) is 50.3 Å². The minimum Gasteiger partial charge on any atom is -0.451 e. The molecule has 0 radical (unpaired) electrons. The average Bonchev–Trinajstić information content (AvgIpc) is 2.67. The van der Waals surface area contributed by atoms with Crippen LogP contribution < -0.4 is 11.1 Å². The van der Waals surface area contributed by atoms with Crippen molar-refractivity contribution in [2.45, 2.75) is 13.5 Å². The Morgan fingerprint density at radius 2 is 2.16 bits per heavy atom. The van der Waals surface area contributed by atoms with Crippen LogP contribution in [0.4, 0.5) is 5.69 Å². The van der Waals surface area contributed by atoms with Crippen molar-refractivity contribution in [1.29, 1.82) is 0 Å². The molecule has 0 bridgehead atoms. The second-order valence-electron chi connectivity index (χ2n) is 4.03. The lowest BCUT2D eigenvalue weighted by molar-refractivity contribution is 0.1000. The molecular formula is C13H12Br2N2O2. The number of halogens is 2. The lowest BCUT2D eigenvalue weighted by atomic mass is 10.1. The smallest absolute Gasteiger partial charge is 0.249 e. The third kappa shape index (κ3) is 3.19. The number of nitrogens with one attached hydrogen (secondary N) is 1. The quantitative estimate of drug-likeness (QED) is 0.837. The molecule has 0 fully saturated rings. The predicted molar refractivity (Wildman–Crippen MR) is 81.1 cm³/mol. The Morgan fingerprint density at radius 3 is 2.74 bits per heavy atom. The number of furan rings is 1. The molecule has 19 heavy (non-hydrogen) atoms. The number of anilines is 1. The van der Waals surface area contributed by atoms with Crippen LogP contribution in [0.1, 0.15) is 21.7 Å². The summed E-state index contributed by atoms with van der Waals surface area (Å²) in [5.41, 5.74) is 7.53. The first kappa shape index (κ1) is 14.1. The second kappa shape index (κ2) is 5.79. The van der Waals surface area contributed by atoms with E-state index in [9.17, 15) is 4.79 Å². The SMILES string of the molecule is Cc1c(NCc2cc(Br)c(Br)o2)cccc1C(N)=O. The maximum Gasteiger partial charge on any atom is 0.249 e. The molecule has 100 valence electrons. The summed E-state index contributed by atoms with van der Waals surface area (Å²) in [6, 6.07) is 7.28. The Hall–Kier alpha value is -1.27. The van der Waals surface area contributed by atoms with Gasteiger partial charge in [-0.15, -0.1) is 0 Å². The molecule has 1 aromatic carbocycles. The largest absolute Gasteiger partial charge is 0.451 e. The number of rotatable bonds is 4. The van der Waals surface area contributed by atoms with Gasteiger partial charge in [0.1, 0.15) is 5.76 Å². The number of amides is 1. The van der Waals surface area contributed by atoms with Crippen LogP contribution in [0.25, 0.3) is 0 Å². The van der Waals surface area contributed by atoms with E-state index in [0.29, 0.717) is 16.8 Å². The van der Waals surface area contributed by atoms with Crippen molar-refractivity contribution >= 4 is 43.5 Å². The topological polar surface area (TPSA) is 68.3 Å². The fourth-order valence-electron chi connectivity index (χ4n) is 1.75. The molecular weight excluding hydrogens is 376 g/mol. The van der Waals surface area contributed by atoms with Gasteiger partial charge in [-0.05, 0) is 62.5 Å². The molecule has 0 unspecified atom stereocenters. The van der Waals surface area contributed by atoms with Gasteiger partial charge in [0.15, 0.2) is 4.67 Å². The molecule has 0 atom stereocenters. The van der Waals surface area contributed by atoms with E-state index >= 15 is 0 Å². The van der Waals surface area contributed by atoms with Crippen LogP contribution in [-0.2, 0) is 6.54 Å². The molecule has 2 rings (SSSR count). The zero-order valence-corrected chi connectivity index (χ0v) is 13.3. The lowest BCUT2D eigenvalue weighted by Crippen LogP contribution is -2.13. The Bertz CT molecular complexity index is 604. The van der Waals surface area contributed by atoms with Crippen molar-refractivity contribution in [3.8, 4) is 0 Å². The highest BCUT2D eigenvalue weighted by molar-refractivity contribution is 9.13. The van der Waals surface area contributed by atoms with Gasteiger partial charge in [0.25, 0.3) is 0 Å². The summed E-state index contributed by atoms with van der Waals surface area (Å²) in [7, 11) is 0. The minimum atomic E-state index is -0.426. The Morgan fingerprint density at radius 1 is 1.42 bits per heavy atom. The summed E-state index contributed by atoms with van der Waals surface area (Å²) in [6.07, 6.45) is 0. The molecule has 0 aliphatic rings. The maximum absolute atomic E-state index is 11.3. The van der Waals surface area contributed by atoms with E-state index in [-0.39, 0.29) is 0 Å². The predicted octanol–water partition coefficient (Wildman–Crippen LogP) is 3.82. The number of hydrogen-bond donors (Lipinski definition) is 2. The van der Waals surface area contributed by atoms with Gasteiger partial charge in [-0.3, -0.25) is 4.79 Å². The molecule has 4 nitrogen and oxygen atoms in total. The van der Waals surface area contributed by atoms with E-state index in [1.807, 2.05) is 19.1 Å². The van der Waals surface area contributed by atoms with Gasteiger partial charge in [-0.25, -0.2) is 0 Å². The zero-order chi connectivity index (χ0) is 14.0. The fraction of sp³-hybridized carbons (Fsp3) is 0.154. The number of carbonyl (C=O) groups is 1. The standard InChI is InChI=1S/C13H12Br2N2O2/c1-7-9(13(16)18)3-2-4-11(7)17-6-8-5-10(14)12(15)19-8/h2-5,17H,6H2,1H3,(H2,16,18). The summed E-state index contributed by atoms with van der Waals surface area (Å²) in [4.78, 5) is 11.3. The first-order chi connectivity index (χ1) is 8.99. The number of benzene rings is 1. The van der Waals surface area contributed by atoms with E-state index in [1.54, 1.807) is 12.1 Å². The summed E-state index contributed by atoms with van der Waals surface area (Å²) in [5.74, 6) is 0.354. The summed E-state index contributed by atoms with van der Waals surface area (Å²) in [5, 5.41) is 3.22. The van der Waals surface area contributed by atoms with Gasteiger partial charge in [0.2, 0.25) is 5.91 Å². The first-order valence-corrected chi connectivity index (χ1v) is 7.14. The van der Waals surface area contributed by atoms with Gasteiger partial charge >= 0.3 is 0 Å². The Labute approximate surface area is 127 Å². The van der Waals surface area contributed by atoms with E-state index in [1.165, 1.54) is 0 Å². The first-order valence-electron chi connectivity index (χ1n) is 5.56. The molecule has 0 spiro atoms. The van der Waals surface area contributed by atoms with Crippen LogP contribution in [0.3, 0.4) is 0 Å². The molecule has 1 heterocycles. The summed E-state index contributed by atoms with van der Waals surface area (Å²) in [6.45, 7) is 2.38. The molecule has 1 aromatic heterocycles. The van der Waals surface area contributed by atoms with Crippen molar-refractivity contribution in [1.82, 2.24) is 0 Å². The molecule has 0 saturated heterocycles. The van der Waals surface area contributed by atoms with Gasteiger partial charge in [-0.1, -0.05) is 6.07 Å². The molecule has 0 aliphatic heterocycles. The summed E-state index contributed by atoms with van der Waals surface area (Å²) >= 11 is 6.64. The second-order valence-corrected chi connectivity index (χ2v) is 5.60. The van der Waals surface area contributed by atoms with Crippen LogP contribution in [-0.4, -0.2) is 5.91 Å². The van der Waals surface area contributed by atoms with Crippen molar-refractivity contribution in [3.63, 3.8) is 0 Å². The summed E-state index contributed by atoms with van der Waals surface area (Å²) < 4.78 is 7.00. The van der Waals surface area contributed by atoms with E-state index in [0.717, 1.165) is 21.5 Å². The molecule has 1 amide bonds. The minimum absolute atomic E-state index is 0.426. The number of hydrogen-bond acceptors (Lipinski definition) is 3.